The summed E-state index contributed by atoms with van der Waals surface area (Å²) in [6.07, 6.45) is 0.848. The van der Waals surface area contributed by atoms with Crippen molar-refractivity contribution in [3.8, 4) is 5.75 Å². The Labute approximate surface area is 167 Å². The Bertz CT molecular complexity index is 1090. The van der Waals surface area contributed by atoms with Gasteiger partial charge in [-0.2, -0.15) is 0 Å². The molecule has 1 N–H and O–H groups in total. The monoisotopic (exact) mass is 388 g/mol. The molecule has 3 aromatic carbocycles. The van der Waals surface area contributed by atoms with Gasteiger partial charge in [0.25, 0.3) is 5.91 Å². The van der Waals surface area contributed by atoms with Gasteiger partial charge in [-0.3, -0.25) is 10.1 Å². The first-order chi connectivity index (χ1) is 13.7. The van der Waals surface area contributed by atoms with E-state index in [1.165, 1.54) is 22.5 Å². The zero-order valence-corrected chi connectivity index (χ0v) is 16.3. The third-order valence-corrected chi connectivity index (χ3v) is 5.31. The smallest absolute Gasteiger partial charge is 0.257 e. The lowest BCUT2D eigenvalue weighted by Gasteiger charge is -2.05. The van der Waals surface area contributed by atoms with Gasteiger partial charge in [-0.05, 0) is 48.7 Å². The number of nitrogens with one attached hydrogen (secondary N) is 1. The zero-order chi connectivity index (χ0) is 19.3. The Morgan fingerprint density at radius 3 is 2.46 bits per heavy atom. The maximum absolute atomic E-state index is 12.6. The van der Waals surface area contributed by atoms with Crippen molar-refractivity contribution >= 4 is 32.6 Å². The van der Waals surface area contributed by atoms with Gasteiger partial charge in [0.15, 0.2) is 5.13 Å². The molecule has 1 heterocycles. The summed E-state index contributed by atoms with van der Waals surface area (Å²) in [5, 5.41) is 3.47. The van der Waals surface area contributed by atoms with Gasteiger partial charge in [-0.1, -0.05) is 59.9 Å². The third kappa shape index (κ3) is 4.05. The van der Waals surface area contributed by atoms with Crippen molar-refractivity contribution in [1.82, 2.24) is 4.98 Å². The highest BCUT2D eigenvalue weighted by Crippen LogP contribution is 2.32. The van der Waals surface area contributed by atoms with E-state index < -0.39 is 0 Å². The number of ether oxygens (including phenoxy) is 1. The highest BCUT2D eigenvalue weighted by Gasteiger charge is 2.12. The number of benzene rings is 3. The van der Waals surface area contributed by atoms with E-state index in [0.717, 1.165) is 22.4 Å². The summed E-state index contributed by atoms with van der Waals surface area (Å²) >= 11 is 1.44. The van der Waals surface area contributed by atoms with E-state index in [9.17, 15) is 4.79 Å². The van der Waals surface area contributed by atoms with Crippen LogP contribution in [-0.4, -0.2) is 17.5 Å². The summed E-state index contributed by atoms with van der Waals surface area (Å²) < 4.78 is 6.60. The molecule has 0 aliphatic heterocycles. The van der Waals surface area contributed by atoms with E-state index in [4.69, 9.17) is 4.74 Å². The molecule has 0 aliphatic carbocycles. The summed E-state index contributed by atoms with van der Waals surface area (Å²) in [7, 11) is 0. The lowest BCUT2D eigenvalue weighted by Crippen LogP contribution is -2.11. The number of rotatable bonds is 6. The number of thiazole rings is 1. The number of anilines is 1. The van der Waals surface area contributed by atoms with Crippen LogP contribution in [0.25, 0.3) is 10.2 Å². The predicted molar refractivity (Wildman–Crippen MR) is 114 cm³/mol. The zero-order valence-electron chi connectivity index (χ0n) is 15.5. The number of fused-ring (bicyclic) bond motifs is 1. The van der Waals surface area contributed by atoms with E-state index in [2.05, 4.69) is 22.4 Å². The van der Waals surface area contributed by atoms with Gasteiger partial charge >= 0.3 is 0 Å². The number of para-hydroxylation sites is 1. The Kier molecular flexibility index (Phi) is 5.35. The van der Waals surface area contributed by atoms with E-state index in [1.807, 2.05) is 67.6 Å². The van der Waals surface area contributed by atoms with Crippen molar-refractivity contribution in [3.05, 3.63) is 89.5 Å². The molecule has 0 aliphatic rings. The second kappa shape index (κ2) is 8.23. The highest BCUT2D eigenvalue weighted by atomic mass is 32.1. The molecule has 1 aromatic heterocycles. The second-order valence-electron chi connectivity index (χ2n) is 6.37. The van der Waals surface area contributed by atoms with Crippen LogP contribution in [-0.2, 0) is 6.42 Å². The minimum absolute atomic E-state index is 0.164. The van der Waals surface area contributed by atoms with Crippen molar-refractivity contribution in [2.24, 2.45) is 0 Å². The maximum atomic E-state index is 12.6. The van der Waals surface area contributed by atoms with Crippen molar-refractivity contribution in [1.29, 1.82) is 0 Å². The number of carbonyl (C=O) groups excluding carboxylic acids is 1. The lowest BCUT2D eigenvalue weighted by atomic mass is 10.0. The third-order valence-electron chi connectivity index (χ3n) is 4.37. The van der Waals surface area contributed by atoms with Crippen LogP contribution in [0.3, 0.4) is 0 Å². The Morgan fingerprint density at radius 1 is 0.964 bits per heavy atom. The average Bonchev–Trinajstić information content (AvgIpc) is 3.13. The number of nitrogens with zero attached hydrogens (tertiary/aromatic N) is 1. The largest absolute Gasteiger partial charge is 0.492 e. The van der Waals surface area contributed by atoms with E-state index in [-0.39, 0.29) is 5.91 Å². The fourth-order valence-electron chi connectivity index (χ4n) is 3.02. The molecule has 140 valence electrons. The van der Waals surface area contributed by atoms with Crippen LogP contribution in [0.15, 0.2) is 72.8 Å². The van der Waals surface area contributed by atoms with Crippen LogP contribution in [0.4, 0.5) is 5.13 Å². The Morgan fingerprint density at radius 2 is 1.71 bits per heavy atom. The van der Waals surface area contributed by atoms with Gasteiger partial charge in [-0.15, -0.1) is 0 Å². The Hall–Kier alpha value is -3.18. The standard InChI is InChI=1S/C23H20N2O2S/c1-2-27-19-9-6-10-20-21(19)24-23(28-20)25-22(26)18-13-11-17(12-14-18)15-16-7-4-3-5-8-16/h3-14H,2,15H2,1H3,(H,24,25,26). The molecule has 0 saturated heterocycles. The molecular formula is C23H20N2O2S. The first-order valence-corrected chi connectivity index (χ1v) is 10.0. The van der Waals surface area contributed by atoms with Crippen LogP contribution in [0.2, 0.25) is 0 Å². The number of amides is 1. The molecule has 4 rings (SSSR count). The van der Waals surface area contributed by atoms with E-state index in [1.54, 1.807) is 0 Å². The van der Waals surface area contributed by atoms with Crippen LogP contribution in [0.1, 0.15) is 28.4 Å². The van der Waals surface area contributed by atoms with Crippen LogP contribution < -0.4 is 10.1 Å². The fourth-order valence-corrected chi connectivity index (χ4v) is 3.90. The number of aromatic nitrogens is 1. The predicted octanol–water partition coefficient (Wildman–Crippen LogP) is 5.54. The minimum atomic E-state index is -0.164. The number of hydrogen-bond acceptors (Lipinski definition) is 4. The highest BCUT2D eigenvalue weighted by molar-refractivity contribution is 7.22. The molecule has 1 amide bonds. The van der Waals surface area contributed by atoms with E-state index in [0.29, 0.717) is 17.3 Å². The number of carbonyl (C=O) groups is 1. The minimum Gasteiger partial charge on any atom is -0.492 e. The molecular weight excluding hydrogens is 368 g/mol. The SMILES string of the molecule is CCOc1cccc2sc(NC(=O)c3ccc(Cc4ccccc4)cc3)nc12. The molecule has 0 radical (unpaired) electrons. The maximum Gasteiger partial charge on any atom is 0.257 e. The van der Waals surface area contributed by atoms with Gasteiger partial charge in [-0.25, -0.2) is 4.98 Å². The molecule has 4 aromatic rings. The second-order valence-corrected chi connectivity index (χ2v) is 7.40. The summed E-state index contributed by atoms with van der Waals surface area (Å²) in [5.74, 6) is 0.574. The van der Waals surface area contributed by atoms with Crippen LogP contribution in [0, 0.1) is 0 Å². The van der Waals surface area contributed by atoms with Crippen molar-refractivity contribution in [3.63, 3.8) is 0 Å². The van der Waals surface area contributed by atoms with Gasteiger partial charge in [0, 0.05) is 5.56 Å². The fraction of sp³-hybridized carbons (Fsp3) is 0.130. The summed E-state index contributed by atoms with van der Waals surface area (Å²) in [4.78, 5) is 17.1. The quantitative estimate of drug-likeness (QED) is 0.472. The molecule has 5 heteroatoms. The average molecular weight is 388 g/mol. The van der Waals surface area contributed by atoms with Crippen molar-refractivity contribution in [2.75, 3.05) is 11.9 Å². The van der Waals surface area contributed by atoms with Crippen molar-refractivity contribution < 1.29 is 9.53 Å². The van der Waals surface area contributed by atoms with E-state index >= 15 is 0 Å². The first-order valence-electron chi connectivity index (χ1n) is 9.19. The molecule has 0 bridgehead atoms. The van der Waals surface area contributed by atoms with Crippen LogP contribution >= 0.6 is 11.3 Å². The molecule has 0 unspecified atom stereocenters. The summed E-state index contributed by atoms with van der Waals surface area (Å²) in [6, 6.07) is 23.8. The molecule has 0 saturated carbocycles. The normalized spacial score (nSPS) is 10.8. The van der Waals surface area contributed by atoms with Crippen LogP contribution in [0.5, 0.6) is 5.75 Å². The summed E-state index contributed by atoms with van der Waals surface area (Å²) in [6.45, 7) is 2.52. The molecule has 0 spiro atoms. The Balaban J connectivity index is 1.47. The van der Waals surface area contributed by atoms with Gasteiger partial charge < -0.3 is 4.74 Å². The molecule has 0 atom stereocenters. The first kappa shape index (κ1) is 18.2. The molecule has 4 nitrogen and oxygen atoms in total. The van der Waals surface area contributed by atoms with Crippen molar-refractivity contribution in [2.45, 2.75) is 13.3 Å². The number of hydrogen-bond donors (Lipinski definition) is 1. The topological polar surface area (TPSA) is 51.2 Å². The lowest BCUT2D eigenvalue weighted by molar-refractivity contribution is 0.102. The molecule has 0 fully saturated rings. The summed E-state index contributed by atoms with van der Waals surface area (Å²) in [5.41, 5.74) is 3.81. The van der Waals surface area contributed by atoms with Gasteiger partial charge in [0.05, 0.1) is 11.3 Å². The van der Waals surface area contributed by atoms with Gasteiger partial charge in [0.1, 0.15) is 11.3 Å². The van der Waals surface area contributed by atoms with Gasteiger partial charge in [0.2, 0.25) is 0 Å². The molecule has 28 heavy (non-hydrogen) atoms.